The van der Waals surface area contributed by atoms with Gasteiger partial charge in [0.2, 0.25) is 0 Å². The van der Waals surface area contributed by atoms with Crippen LogP contribution >= 0.6 is 15.9 Å². The zero-order valence-electron chi connectivity index (χ0n) is 9.35. The lowest BCUT2D eigenvalue weighted by atomic mass is 10.0. The lowest BCUT2D eigenvalue weighted by Gasteiger charge is -2.16. The molecule has 0 fully saturated rings. The van der Waals surface area contributed by atoms with Crippen molar-refractivity contribution < 1.29 is 4.42 Å². The topological polar surface area (TPSA) is 25.2 Å². The van der Waals surface area contributed by atoms with E-state index < -0.39 is 0 Å². The van der Waals surface area contributed by atoms with Crippen molar-refractivity contribution in [3.63, 3.8) is 0 Å². The maximum absolute atomic E-state index is 5.25. The average molecular weight is 272 g/mol. The van der Waals surface area contributed by atoms with Crippen LogP contribution in [0.2, 0.25) is 0 Å². The molecule has 0 saturated carbocycles. The summed E-state index contributed by atoms with van der Waals surface area (Å²) in [5.41, 5.74) is 2.41. The summed E-state index contributed by atoms with van der Waals surface area (Å²) < 4.78 is 6.08. The fourth-order valence-corrected chi connectivity index (χ4v) is 2.07. The molecule has 15 heavy (non-hydrogen) atoms. The second kappa shape index (κ2) is 6.13. The molecule has 0 bridgehead atoms. The highest BCUT2D eigenvalue weighted by molar-refractivity contribution is 9.10. The monoisotopic (exact) mass is 271 g/mol. The van der Waals surface area contributed by atoms with Crippen molar-refractivity contribution in [1.82, 2.24) is 5.32 Å². The Balaban J connectivity index is 2.65. The van der Waals surface area contributed by atoms with Crippen LogP contribution in [0.5, 0.6) is 0 Å². The zero-order chi connectivity index (χ0) is 11.3. The fourth-order valence-electron chi connectivity index (χ4n) is 1.56. The fraction of sp³-hybridized carbons (Fsp3) is 0.500. The average Bonchev–Trinajstić information content (AvgIpc) is 2.59. The molecule has 1 heterocycles. The van der Waals surface area contributed by atoms with Crippen LogP contribution in [-0.2, 0) is 0 Å². The second-order valence-electron chi connectivity index (χ2n) is 3.76. The largest absolute Gasteiger partial charge is 0.457 e. The minimum atomic E-state index is 0.347. The van der Waals surface area contributed by atoms with E-state index in [-0.39, 0.29) is 0 Å². The molecule has 1 atom stereocenters. The van der Waals surface area contributed by atoms with Gasteiger partial charge in [0.05, 0.1) is 6.26 Å². The van der Waals surface area contributed by atoms with Crippen LogP contribution in [0.1, 0.15) is 38.3 Å². The normalized spacial score (nSPS) is 12.7. The lowest BCUT2D eigenvalue weighted by Crippen LogP contribution is -2.20. The molecule has 0 aliphatic rings. The van der Waals surface area contributed by atoms with Gasteiger partial charge in [-0.15, -0.1) is 6.58 Å². The van der Waals surface area contributed by atoms with Gasteiger partial charge in [-0.2, -0.15) is 0 Å². The van der Waals surface area contributed by atoms with Gasteiger partial charge in [-0.3, -0.25) is 0 Å². The SMILES string of the molecule is C=C(C)CCC(NCC)c1ccoc1Br. The molecule has 0 aromatic carbocycles. The third kappa shape index (κ3) is 3.84. The first kappa shape index (κ1) is 12.5. The Kier molecular flexibility index (Phi) is 5.12. The summed E-state index contributed by atoms with van der Waals surface area (Å²) in [7, 11) is 0. The van der Waals surface area contributed by atoms with Gasteiger partial charge in [0.1, 0.15) is 0 Å². The van der Waals surface area contributed by atoms with Gasteiger partial charge in [-0.25, -0.2) is 0 Å². The van der Waals surface area contributed by atoms with E-state index >= 15 is 0 Å². The van der Waals surface area contributed by atoms with E-state index in [9.17, 15) is 0 Å². The number of hydrogen-bond acceptors (Lipinski definition) is 2. The summed E-state index contributed by atoms with van der Waals surface area (Å²) in [5, 5.41) is 3.45. The highest BCUT2D eigenvalue weighted by Crippen LogP contribution is 2.28. The van der Waals surface area contributed by atoms with Crippen molar-refractivity contribution >= 4 is 15.9 Å². The highest BCUT2D eigenvalue weighted by Gasteiger charge is 2.15. The quantitative estimate of drug-likeness (QED) is 0.790. The molecular weight excluding hydrogens is 254 g/mol. The van der Waals surface area contributed by atoms with Gasteiger partial charge in [-0.1, -0.05) is 12.5 Å². The van der Waals surface area contributed by atoms with Gasteiger partial charge in [0.15, 0.2) is 4.67 Å². The van der Waals surface area contributed by atoms with Crippen LogP contribution in [0.3, 0.4) is 0 Å². The zero-order valence-corrected chi connectivity index (χ0v) is 10.9. The molecule has 0 saturated heterocycles. The van der Waals surface area contributed by atoms with Gasteiger partial charge in [-0.05, 0) is 48.3 Å². The molecule has 0 aliphatic heterocycles. The Morgan fingerprint density at radius 2 is 2.40 bits per heavy atom. The minimum Gasteiger partial charge on any atom is -0.457 e. The molecule has 0 amide bonds. The van der Waals surface area contributed by atoms with Crippen molar-refractivity contribution in [2.24, 2.45) is 0 Å². The maximum atomic E-state index is 5.25. The van der Waals surface area contributed by atoms with E-state index in [1.807, 2.05) is 6.07 Å². The molecule has 1 rings (SSSR count). The second-order valence-corrected chi connectivity index (χ2v) is 4.48. The summed E-state index contributed by atoms with van der Waals surface area (Å²) in [4.78, 5) is 0. The predicted octanol–water partition coefficient (Wildman–Crippen LogP) is 4.05. The van der Waals surface area contributed by atoms with E-state index in [1.165, 1.54) is 11.1 Å². The number of halogens is 1. The Morgan fingerprint density at radius 3 is 2.87 bits per heavy atom. The van der Waals surface area contributed by atoms with Crippen LogP contribution < -0.4 is 5.32 Å². The Bertz CT molecular complexity index is 319. The molecule has 0 spiro atoms. The van der Waals surface area contributed by atoms with Gasteiger partial charge >= 0.3 is 0 Å². The Morgan fingerprint density at radius 1 is 1.67 bits per heavy atom. The number of nitrogens with one attached hydrogen (secondary N) is 1. The molecule has 3 heteroatoms. The smallest absolute Gasteiger partial charge is 0.173 e. The van der Waals surface area contributed by atoms with Crippen molar-refractivity contribution in [2.75, 3.05) is 6.54 Å². The van der Waals surface area contributed by atoms with Crippen LogP contribution in [-0.4, -0.2) is 6.54 Å². The number of rotatable bonds is 6. The van der Waals surface area contributed by atoms with Gasteiger partial charge in [0, 0.05) is 11.6 Å². The molecule has 2 nitrogen and oxygen atoms in total. The first-order valence-electron chi connectivity index (χ1n) is 5.25. The number of allylic oxidation sites excluding steroid dienone is 1. The van der Waals surface area contributed by atoms with Crippen molar-refractivity contribution in [3.05, 3.63) is 34.7 Å². The summed E-state index contributed by atoms with van der Waals surface area (Å²) in [5.74, 6) is 0. The standard InChI is InChI=1S/C12H18BrNO/c1-4-14-11(6-5-9(2)3)10-7-8-15-12(10)13/h7-8,11,14H,2,4-6H2,1,3H3. The Hall–Kier alpha value is -0.540. The molecule has 1 aromatic rings. The van der Waals surface area contributed by atoms with Crippen LogP contribution in [0.15, 0.2) is 33.6 Å². The third-order valence-corrected chi connectivity index (χ3v) is 2.98. The van der Waals surface area contributed by atoms with Crippen LogP contribution in [0, 0.1) is 0 Å². The lowest BCUT2D eigenvalue weighted by molar-refractivity contribution is 0.488. The van der Waals surface area contributed by atoms with E-state index in [2.05, 4.69) is 41.7 Å². The van der Waals surface area contributed by atoms with Crippen LogP contribution in [0.25, 0.3) is 0 Å². The van der Waals surface area contributed by atoms with Crippen molar-refractivity contribution in [1.29, 1.82) is 0 Å². The molecule has 1 N–H and O–H groups in total. The first-order chi connectivity index (χ1) is 7.15. The summed E-state index contributed by atoms with van der Waals surface area (Å²) in [6.45, 7) is 9.06. The Labute approximate surface area is 99.9 Å². The molecule has 1 unspecified atom stereocenters. The molecule has 0 radical (unpaired) electrons. The first-order valence-corrected chi connectivity index (χ1v) is 6.05. The summed E-state index contributed by atoms with van der Waals surface area (Å²) in [6, 6.07) is 2.36. The van der Waals surface area contributed by atoms with E-state index in [0.29, 0.717) is 6.04 Å². The predicted molar refractivity (Wildman–Crippen MR) is 66.9 cm³/mol. The molecular formula is C12H18BrNO. The summed E-state index contributed by atoms with van der Waals surface area (Å²) in [6.07, 6.45) is 3.81. The molecule has 1 aromatic heterocycles. The highest BCUT2D eigenvalue weighted by atomic mass is 79.9. The third-order valence-electron chi connectivity index (χ3n) is 2.33. The van der Waals surface area contributed by atoms with Crippen molar-refractivity contribution in [2.45, 2.75) is 32.7 Å². The molecule has 0 aliphatic carbocycles. The number of furan rings is 1. The minimum absolute atomic E-state index is 0.347. The van der Waals surface area contributed by atoms with E-state index in [4.69, 9.17) is 4.42 Å². The maximum Gasteiger partial charge on any atom is 0.173 e. The van der Waals surface area contributed by atoms with Crippen molar-refractivity contribution in [3.8, 4) is 0 Å². The van der Waals surface area contributed by atoms with E-state index in [0.717, 1.165) is 24.1 Å². The van der Waals surface area contributed by atoms with Crippen LogP contribution in [0.4, 0.5) is 0 Å². The number of hydrogen-bond donors (Lipinski definition) is 1. The van der Waals surface area contributed by atoms with E-state index in [1.54, 1.807) is 6.26 Å². The molecule has 84 valence electrons. The van der Waals surface area contributed by atoms with Gasteiger partial charge < -0.3 is 9.73 Å². The summed E-state index contributed by atoms with van der Waals surface area (Å²) >= 11 is 3.41. The van der Waals surface area contributed by atoms with Gasteiger partial charge in [0.25, 0.3) is 0 Å².